The molecule has 0 radical (unpaired) electrons. The number of carbonyl (C=O) groups is 1. The van der Waals surface area contributed by atoms with Gasteiger partial charge in [0.2, 0.25) is 5.91 Å². The first-order chi connectivity index (χ1) is 13.5. The van der Waals surface area contributed by atoms with Crippen LogP contribution in [0.2, 0.25) is 0 Å². The van der Waals surface area contributed by atoms with Crippen molar-refractivity contribution in [3.63, 3.8) is 0 Å². The molecule has 1 heterocycles. The molecule has 0 saturated heterocycles. The summed E-state index contributed by atoms with van der Waals surface area (Å²) in [6.45, 7) is 4.47. The van der Waals surface area contributed by atoms with Crippen LogP contribution < -0.4 is 19.5 Å². The van der Waals surface area contributed by atoms with Crippen molar-refractivity contribution in [1.29, 1.82) is 5.26 Å². The highest BCUT2D eigenvalue weighted by Gasteiger charge is 2.21. The highest BCUT2D eigenvalue weighted by atomic mass is 16.5. The molecule has 1 amide bonds. The summed E-state index contributed by atoms with van der Waals surface area (Å²) in [7, 11) is 1.51. The normalized spacial score (nSPS) is 14.9. The number of methoxy groups -OCH3 is 1. The summed E-state index contributed by atoms with van der Waals surface area (Å²) in [6, 6.07) is 10.8. The molecular weight excluding hydrogens is 356 g/mol. The number of fused-ring (bicyclic) bond motifs is 1. The van der Waals surface area contributed by atoms with Crippen molar-refractivity contribution < 1.29 is 19.0 Å². The van der Waals surface area contributed by atoms with E-state index >= 15 is 0 Å². The average Bonchev–Trinajstić information content (AvgIpc) is 3.05. The molecule has 6 heteroatoms. The van der Waals surface area contributed by atoms with E-state index in [-0.39, 0.29) is 12.0 Å². The van der Waals surface area contributed by atoms with Gasteiger partial charge in [0.25, 0.3) is 0 Å². The van der Waals surface area contributed by atoms with Crippen LogP contribution in [0.4, 0.5) is 5.69 Å². The summed E-state index contributed by atoms with van der Waals surface area (Å²) in [5.41, 5.74) is 2.74. The summed E-state index contributed by atoms with van der Waals surface area (Å²) in [5, 5.41) is 11.8. The summed E-state index contributed by atoms with van der Waals surface area (Å²) in [6.07, 6.45) is 4.08. The molecule has 2 aromatic carbocycles. The van der Waals surface area contributed by atoms with Gasteiger partial charge in [-0.15, -0.1) is 0 Å². The van der Waals surface area contributed by atoms with E-state index < -0.39 is 0 Å². The van der Waals surface area contributed by atoms with Gasteiger partial charge in [0.1, 0.15) is 23.4 Å². The third kappa shape index (κ3) is 4.26. The number of ether oxygens (including phenoxy) is 3. The fourth-order valence-corrected chi connectivity index (χ4v) is 3.08. The van der Waals surface area contributed by atoms with Crippen molar-refractivity contribution in [1.82, 2.24) is 0 Å². The van der Waals surface area contributed by atoms with Gasteiger partial charge in [-0.3, -0.25) is 4.79 Å². The van der Waals surface area contributed by atoms with E-state index in [1.807, 2.05) is 32.0 Å². The van der Waals surface area contributed by atoms with Crippen molar-refractivity contribution in [2.45, 2.75) is 26.4 Å². The number of benzene rings is 2. The number of carbonyl (C=O) groups excluding carboxylic acids is 1. The Morgan fingerprint density at radius 2 is 2.18 bits per heavy atom. The molecule has 0 saturated carbocycles. The molecule has 1 unspecified atom stereocenters. The molecule has 0 aromatic heterocycles. The smallest absolute Gasteiger partial charge is 0.248 e. The van der Waals surface area contributed by atoms with Gasteiger partial charge in [0.15, 0.2) is 0 Å². The molecule has 28 heavy (non-hydrogen) atoms. The maximum Gasteiger partial charge on any atom is 0.248 e. The van der Waals surface area contributed by atoms with Crippen LogP contribution >= 0.6 is 0 Å². The zero-order valence-corrected chi connectivity index (χ0v) is 16.1. The SMILES string of the molecule is CCOc1cc2c(cc1/C=C/C(=O)Nc1cc(C#N)ccc1OC)OC(C)C2. The summed E-state index contributed by atoms with van der Waals surface area (Å²) < 4.78 is 16.8. The van der Waals surface area contributed by atoms with Crippen molar-refractivity contribution in [2.24, 2.45) is 0 Å². The second-order valence-corrected chi connectivity index (χ2v) is 6.41. The number of nitrogens with zero attached hydrogens (tertiary/aromatic N) is 1. The first-order valence-electron chi connectivity index (χ1n) is 9.07. The number of nitrogens with one attached hydrogen (secondary N) is 1. The second kappa shape index (κ2) is 8.49. The van der Waals surface area contributed by atoms with Crippen molar-refractivity contribution in [3.8, 4) is 23.3 Å². The number of anilines is 1. The third-order valence-corrected chi connectivity index (χ3v) is 4.33. The average molecular weight is 378 g/mol. The lowest BCUT2D eigenvalue weighted by molar-refractivity contribution is -0.111. The zero-order chi connectivity index (χ0) is 20.1. The monoisotopic (exact) mass is 378 g/mol. The van der Waals surface area contributed by atoms with Crippen LogP contribution in [0.3, 0.4) is 0 Å². The Morgan fingerprint density at radius 1 is 1.36 bits per heavy atom. The van der Waals surface area contributed by atoms with E-state index in [2.05, 4.69) is 5.32 Å². The van der Waals surface area contributed by atoms with Crippen LogP contribution in [0.5, 0.6) is 17.2 Å². The van der Waals surface area contributed by atoms with Gasteiger partial charge >= 0.3 is 0 Å². The van der Waals surface area contributed by atoms with E-state index in [0.29, 0.717) is 29.4 Å². The topological polar surface area (TPSA) is 80.6 Å². The van der Waals surface area contributed by atoms with Crippen molar-refractivity contribution in [3.05, 3.63) is 53.1 Å². The molecule has 1 aliphatic heterocycles. The molecule has 0 bridgehead atoms. The van der Waals surface area contributed by atoms with E-state index in [1.54, 1.807) is 24.3 Å². The highest BCUT2D eigenvalue weighted by molar-refractivity contribution is 6.03. The molecule has 3 rings (SSSR count). The molecule has 0 spiro atoms. The molecule has 0 aliphatic carbocycles. The lowest BCUT2D eigenvalue weighted by atomic mass is 10.1. The summed E-state index contributed by atoms with van der Waals surface area (Å²) in [4.78, 5) is 12.4. The Morgan fingerprint density at radius 3 is 2.89 bits per heavy atom. The first-order valence-corrected chi connectivity index (χ1v) is 9.07. The van der Waals surface area contributed by atoms with Gasteiger partial charge < -0.3 is 19.5 Å². The number of hydrogen-bond acceptors (Lipinski definition) is 5. The second-order valence-electron chi connectivity index (χ2n) is 6.41. The Labute approximate surface area is 164 Å². The van der Waals surface area contributed by atoms with Gasteiger partial charge in [0, 0.05) is 23.6 Å². The van der Waals surface area contributed by atoms with Crippen molar-refractivity contribution >= 4 is 17.7 Å². The van der Waals surface area contributed by atoms with E-state index in [4.69, 9.17) is 19.5 Å². The molecule has 144 valence electrons. The number of rotatable bonds is 6. The Bertz CT molecular complexity index is 960. The van der Waals surface area contributed by atoms with Crippen LogP contribution in [0.1, 0.15) is 30.5 Å². The number of nitriles is 1. The standard InChI is InChI=1S/C22H22N2O4/c1-4-27-20-12-17-9-14(2)28-21(17)11-16(20)6-8-22(25)24-18-10-15(13-23)5-7-19(18)26-3/h5-8,10-12,14H,4,9H2,1-3H3,(H,24,25)/b8-6+. The Balaban J connectivity index is 1.81. The van der Waals surface area contributed by atoms with Gasteiger partial charge in [-0.05, 0) is 50.3 Å². The molecule has 1 atom stereocenters. The lowest BCUT2D eigenvalue weighted by Crippen LogP contribution is -2.09. The quantitative estimate of drug-likeness (QED) is 0.770. The minimum atomic E-state index is -0.342. The Hall–Kier alpha value is -3.46. The summed E-state index contributed by atoms with van der Waals surface area (Å²) >= 11 is 0. The minimum absolute atomic E-state index is 0.131. The predicted octanol–water partition coefficient (Wildman–Crippen LogP) is 3.94. The number of hydrogen-bond donors (Lipinski definition) is 1. The van der Waals surface area contributed by atoms with E-state index in [0.717, 1.165) is 23.3 Å². The lowest BCUT2D eigenvalue weighted by Gasteiger charge is -2.11. The van der Waals surface area contributed by atoms with E-state index in [9.17, 15) is 4.79 Å². The highest BCUT2D eigenvalue weighted by Crippen LogP contribution is 2.35. The fraction of sp³-hybridized carbons (Fsp3) is 0.273. The summed E-state index contributed by atoms with van der Waals surface area (Å²) in [5.74, 6) is 1.67. The van der Waals surface area contributed by atoms with Crippen LogP contribution in [-0.2, 0) is 11.2 Å². The third-order valence-electron chi connectivity index (χ3n) is 4.33. The predicted molar refractivity (Wildman–Crippen MR) is 107 cm³/mol. The minimum Gasteiger partial charge on any atom is -0.495 e. The van der Waals surface area contributed by atoms with Gasteiger partial charge in [0.05, 0.1) is 31.0 Å². The maximum absolute atomic E-state index is 12.4. The molecule has 2 aromatic rings. The first kappa shape index (κ1) is 19.3. The van der Waals surface area contributed by atoms with Gasteiger partial charge in [-0.1, -0.05) is 0 Å². The molecular formula is C22H22N2O4. The van der Waals surface area contributed by atoms with Crippen LogP contribution in [-0.4, -0.2) is 25.7 Å². The van der Waals surface area contributed by atoms with Crippen LogP contribution in [0.15, 0.2) is 36.4 Å². The van der Waals surface area contributed by atoms with Crippen LogP contribution in [0, 0.1) is 11.3 Å². The number of amides is 1. The molecule has 6 nitrogen and oxygen atoms in total. The maximum atomic E-state index is 12.4. The zero-order valence-electron chi connectivity index (χ0n) is 16.1. The van der Waals surface area contributed by atoms with Crippen molar-refractivity contribution in [2.75, 3.05) is 19.0 Å². The van der Waals surface area contributed by atoms with Gasteiger partial charge in [-0.25, -0.2) is 0 Å². The largest absolute Gasteiger partial charge is 0.495 e. The molecule has 0 fully saturated rings. The van der Waals surface area contributed by atoms with Gasteiger partial charge in [-0.2, -0.15) is 5.26 Å². The molecule has 1 aliphatic rings. The van der Waals surface area contributed by atoms with E-state index in [1.165, 1.54) is 13.2 Å². The fourth-order valence-electron chi connectivity index (χ4n) is 3.08. The molecule has 1 N–H and O–H groups in total. The Kier molecular flexibility index (Phi) is 5.85. The van der Waals surface area contributed by atoms with Crippen LogP contribution in [0.25, 0.3) is 6.08 Å².